The smallest absolute Gasteiger partial charge is 0.281 e. The van der Waals surface area contributed by atoms with Crippen LogP contribution in [0.4, 0.5) is 15.8 Å². The standard InChI is InChI=1S/C25H27FN6O4S2/c1-29(2)38(35,36)31-14-12-30(13-15-31)25-10-9-23(16-21(25)17-27)32(19-20-5-7-22(26)8-6-20)37(33,34)24-4-3-11-28-18-24/h3-11,16,18H,12-15,19H2,1-2H3. The van der Waals surface area contributed by atoms with Gasteiger partial charge < -0.3 is 4.90 Å². The normalized spacial score (nSPS) is 14.9. The Balaban J connectivity index is 1.67. The lowest BCUT2D eigenvalue weighted by Gasteiger charge is -2.37. The molecule has 2 aromatic carbocycles. The molecule has 0 saturated carbocycles. The van der Waals surface area contributed by atoms with Crippen LogP contribution in [0.25, 0.3) is 0 Å². The number of nitrogens with zero attached hydrogens (tertiary/aromatic N) is 6. The summed E-state index contributed by atoms with van der Waals surface area (Å²) in [5.41, 5.74) is 1.64. The minimum absolute atomic E-state index is 0.0251. The maximum absolute atomic E-state index is 13.6. The van der Waals surface area contributed by atoms with Crippen molar-refractivity contribution in [2.75, 3.05) is 49.5 Å². The van der Waals surface area contributed by atoms with E-state index in [0.717, 1.165) is 8.61 Å². The molecule has 1 aromatic heterocycles. The summed E-state index contributed by atoms with van der Waals surface area (Å²) in [6, 6.07) is 15.4. The van der Waals surface area contributed by atoms with Gasteiger partial charge in [0, 0.05) is 52.7 Å². The van der Waals surface area contributed by atoms with Crippen LogP contribution in [0.3, 0.4) is 0 Å². The van der Waals surface area contributed by atoms with E-state index >= 15 is 0 Å². The van der Waals surface area contributed by atoms with E-state index in [0.29, 0.717) is 24.3 Å². The summed E-state index contributed by atoms with van der Waals surface area (Å²) in [7, 11) is -4.67. The topological polar surface area (TPSA) is 118 Å². The van der Waals surface area contributed by atoms with Gasteiger partial charge in [0.1, 0.15) is 16.8 Å². The Morgan fingerprint density at radius 1 is 1.00 bits per heavy atom. The van der Waals surface area contributed by atoms with E-state index in [4.69, 9.17) is 0 Å². The maximum Gasteiger partial charge on any atom is 0.281 e. The van der Waals surface area contributed by atoms with E-state index in [-0.39, 0.29) is 35.8 Å². The Kier molecular flexibility index (Phi) is 7.98. The Labute approximate surface area is 222 Å². The molecule has 0 radical (unpaired) electrons. The van der Waals surface area contributed by atoms with Gasteiger partial charge >= 0.3 is 0 Å². The number of hydrogen-bond acceptors (Lipinski definition) is 7. The third-order valence-corrected chi connectivity index (χ3v) is 9.92. The molecule has 1 aliphatic heterocycles. The lowest BCUT2D eigenvalue weighted by Crippen LogP contribution is -2.51. The molecule has 3 aromatic rings. The number of hydrogen-bond donors (Lipinski definition) is 0. The molecular formula is C25H27FN6O4S2. The Bertz CT molecular complexity index is 1530. The van der Waals surface area contributed by atoms with Crippen molar-refractivity contribution in [2.24, 2.45) is 0 Å². The minimum Gasteiger partial charge on any atom is -0.368 e. The molecule has 1 fully saturated rings. The van der Waals surface area contributed by atoms with Crippen LogP contribution >= 0.6 is 0 Å². The molecule has 2 heterocycles. The highest BCUT2D eigenvalue weighted by atomic mass is 32.2. The second kappa shape index (κ2) is 11.0. The molecule has 0 aliphatic carbocycles. The maximum atomic E-state index is 13.6. The van der Waals surface area contributed by atoms with Gasteiger partial charge in [0.05, 0.1) is 23.5 Å². The number of halogens is 1. The Hall–Kier alpha value is -3.57. The number of aromatic nitrogens is 1. The summed E-state index contributed by atoms with van der Waals surface area (Å²) in [5, 5.41) is 9.94. The first-order valence-electron chi connectivity index (χ1n) is 11.7. The van der Waals surface area contributed by atoms with Crippen LogP contribution in [-0.4, -0.2) is 70.7 Å². The first-order chi connectivity index (χ1) is 18.0. The van der Waals surface area contributed by atoms with Crippen molar-refractivity contribution in [3.8, 4) is 6.07 Å². The summed E-state index contributed by atoms with van der Waals surface area (Å²) in [4.78, 5) is 5.81. The lowest BCUT2D eigenvalue weighted by molar-refractivity contribution is 0.355. The fraction of sp³-hybridized carbons (Fsp3) is 0.280. The predicted molar refractivity (Wildman–Crippen MR) is 142 cm³/mol. The number of anilines is 2. The molecule has 1 saturated heterocycles. The zero-order valence-corrected chi connectivity index (χ0v) is 22.5. The summed E-state index contributed by atoms with van der Waals surface area (Å²) < 4.78 is 69.3. The van der Waals surface area contributed by atoms with Gasteiger partial charge in [-0.3, -0.25) is 9.29 Å². The molecule has 1 aliphatic rings. The first kappa shape index (κ1) is 27.5. The highest BCUT2D eigenvalue weighted by Gasteiger charge is 2.30. The third-order valence-electron chi connectivity index (χ3n) is 6.22. The average Bonchev–Trinajstić information content (AvgIpc) is 2.92. The molecule has 0 amide bonds. The van der Waals surface area contributed by atoms with E-state index in [9.17, 15) is 26.5 Å². The van der Waals surface area contributed by atoms with Crippen molar-refractivity contribution in [3.63, 3.8) is 0 Å². The Morgan fingerprint density at radius 2 is 1.68 bits per heavy atom. The third kappa shape index (κ3) is 5.63. The van der Waals surface area contributed by atoms with Crippen molar-refractivity contribution in [2.45, 2.75) is 11.4 Å². The van der Waals surface area contributed by atoms with Gasteiger partial charge in [-0.15, -0.1) is 0 Å². The average molecular weight is 559 g/mol. The zero-order chi connectivity index (χ0) is 27.5. The van der Waals surface area contributed by atoms with Crippen molar-refractivity contribution in [1.82, 2.24) is 13.6 Å². The summed E-state index contributed by atoms with van der Waals surface area (Å²) in [6.07, 6.45) is 2.71. The highest BCUT2D eigenvalue weighted by molar-refractivity contribution is 7.92. The number of pyridine rings is 1. The molecule has 200 valence electrons. The molecule has 0 bridgehead atoms. The van der Waals surface area contributed by atoms with Gasteiger partial charge in [0.25, 0.3) is 20.2 Å². The number of nitriles is 1. The largest absolute Gasteiger partial charge is 0.368 e. The van der Waals surface area contributed by atoms with Crippen molar-refractivity contribution < 1.29 is 21.2 Å². The SMILES string of the molecule is CN(C)S(=O)(=O)N1CCN(c2ccc(N(Cc3ccc(F)cc3)S(=O)(=O)c3cccnc3)cc2C#N)CC1. The zero-order valence-electron chi connectivity index (χ0n) is 20.9. The molecule has 0 spiro atoms. The second-order valence-corrected chi connectivity index (χ2v) is 12.8. The summed E-state index contributed by atoms with van der Waals surface area (Å²) >= 11 is 0. The van der Waals surface area contributed by atoms with Gasteiger partial charge in [-0.25, -0.2) is 12.8 Å². The summed E-state index contributed by atoms with van der Waals surface area (Å²) in [5.74, 6) is -0.440. The quantitative estimate of drug-likeness (QED) is 0.417. The van der Waals surface area contributed by atoms with Crippen LogP contribution in [0, 0.1) is 17.1 Å². The number of sulfonamides is 1. The van der Waals surface area contributed by atoms with E-state index in [1.54, 1.807) is 12.1 Å². The van der Waals surface area contributed by atoms with E-state index in [1.807, 2.05) is 4.90 Å². The van der Waals surface area contributed by atoms with E-state index in [2.05, 4.69) is 11.1 Å². The monoisotopic (exact) mass is 558 g/mol. The van der Waals surface area contributed by atoms with Crippen LogP contribution in [0.5, 0.6) is 0 Å². The molecule has 13 heteroatoms. The fourth-order valence-corrected chi connectivity index (χ4v) is 6.63. The number of benzene rings is 2. The van der Waals surface area contributed by atoms with Crippen LogP contribution in [0.15, 0.2) is 71.9 Å². The predicted octanol–water partition coefficient (Wildman–Crippen LogP) is 2.42. The number of rotatable bonds is 8. The van der Waals surface area contributed by atoms with Crippen molar-refractivity contribution in [1.29, 1.82) is 5.26 Å². The molecule has 0 unspecified atom stereocenters. The second-order valence-electron chi connectivity index (χ2n) is 8.82. The van der Waals surface area contributed by atoms with Crippen LogP contribution < -0.4 is 9.21 Å². The molecule has 0 atom stereocenters. The molecule has 0 N–H and O–H groups in total. The van der Waals surface area contributed by atoms with Gasteiger partial charge in [0.2, 0.25) is 0 Å². The molecule has 4 rings (SSSR count). The van der Waals surface area contributed by atoms with Gasteiger partial charge in [-0.2, -0.15) is 22.3 Å². The first-order valence-corrected chi connectivity index (χ1v) is 14.5. The van der Waals surface area contributed by atoms with Gasteiger partial charge in [0.15, 0.2) is 0 Å². The van der Waals surface area contributed by atoms with Gasteiger partial charge in [-0.1, -0.05) is 12.1 Å². The lowest BCUT2D eigenvalue weighted by atomic mass is 10.1. The van der Waals surface area contributed by atoms with Crippen molar-refractivity contribution >= 4 is 31.6 Å². The molecule has 10 nitrogen and oxygen atoms in total. The minimum atomic E-state index is -4.08. The van der Waals surface area contributed by atoms with Crippen LogP contribution in [0.2, 0.25) is 0 Å². The van der Waals surface area contributed by atoms with Crippen LogP contribution in [-0.2, 0) is 26.8 Å². The summed E-state index contributed by atoms with van der Waals surface area (Å²) in [6.45, 7) is 1.14. The molecular weight excluding hydrogens is 531 g/mol. The Morgan fingerprint density at radius 3 is 2.26 bits per heavy atom. The van der Waals surface area contributed by atoms with Crippen molar-refractivity contribution in [3.05, 3.63) is 83.9 Å². The molecule has 38 heavy (non-hydrogen) atoms. The number of piperazine rings is 1. The van der Waals surface area contributed by atoms with Gasteiger partial charge in [-0.05, 0) is 48.0 Å². The van der Waals surface area contributed by atoms with Crippen LogP contribution in [0.1, 0.15) is 11.1 Å². The highest BCUT2D eigenvalue weighted by Crippen LogP contribution is 2.31. The van der Waals surface area contributed by atoms with E-state index in [1.165, 1.54) is 73.3 Å². The fourth-order valence-electron chi connectivity index (χ4n) is 4.13. The van der Waals surface area contributed by atoms with E-state index < -0.39 is 26.0 Å².